The fraction of sp³-hybridized carbons (Fsp3) is 0.500. The van der Waals surface area contributed by atoms with E-state index in [9.17, 15) is 0 Å². The Hall–Kier alpha value is -0.655. The summed E-state index contributed by atoms with van der Waals surface area (Å²) in [6.07, 6.45) is 4.20. The van der Waals surface area contributed by atoms with Crippen LogP contribution in [-0.4, -0.2) is 25.1 Å². The normalized spacial score (nSPS) is 31.2. The Labute approximate surface area is 62.8 Å². The van der Waals surface area contributed by atoms with Gasteiger partial charge in [0.1, 0.15) is 0 Å². The molecule has 0 saturated carbocycles. The van der Waals surface area contributed by atoms with Crippen molar-refractivity contribution >= 4 is 19.1 Å². The molecule has 0 radical (unpaired) electrons. The van der Waals surface area contributed by atoms with Gasteiger partial charge in [0.05, 0.1) is 0 Å². The summed E-state index contributed by atoms with van der Waals surface area (Å²) in [7, 11) is 0. The quantitative estimate of drug-likeness (QED) is 0.478. The fourth-order valence-corrected chi connectivity index (χ4v) is 1.14. The molecule has 1 nitrogen and oxygen atoms in total. The van der Waals surface area contributed by atoms with Gasteiger partial charge in [-0.1, -0.05) is 0 Å². The van der Waals surface area contributed by atoms with Gasteiger partial charge in [-0.3, -0.25) is 0 Å². The molecule has 52 valence electrons. The minimum atomic E-state index is 0.377. The van der Waals surface area contributed by atoms with E-state index < -0.39 is 0 Å². The summed E-state index contributed by atoms with van der Waals surface area (Å²) < 4.78 is 0. The first-order chi connectivity index (χ1) is 4.74. The number of dihydropyridines is 1. The van der Waals surface area contributed by atoms with Crippen LogP contribution in [0.25, 0.3) is 0 Å². The van der Waals surface area contributed by atoms with Crippen molar-refractivity contribution in [3.05, 3.63) is 12.2 Å². The van der Waals surface area contributed by atoms with Gasteiger partial charge in [-0.05, 0) is 0 Å². The third kappa shape index (κ3) is 1.44. The zero-order chi connectivity index (χ0) is 7.56. The Bertz CT molecular complexity index is 193. The van der Waals surface area contributed by atoms with E-state index in [0.717, 1.165) is 5.71 Å². The minimum absolute atomic E-state index is 0.377. The van der Waals surface area contributed by atoms with Gasteiger partial charge in [0.25, 0.3) is 0 Å². The van der Waals surface area contributed by atoms with Gasteiger partial charge < -0.3 is 0 Å². The first kappa shape index (κ1) is 7.45. The summed E-state index contributed by atoms with van der Waals surface area (Å²) in [6, 6.07) is 0.377. The predicted octanol–water partition coefficient (Wildman–Crippen LogP) is 1.33. The van der Waals surface area contributed by atoms with Gasteiger partial charge in [-0.15, -0.1) is 0 Å². The molecule has 0 aliphatic carbocycles. The second-order valence-electron chi connectivity index (χ2n) is 2.68. The van der Waals surface area contributed by atoms with Crippen LogP contribution in [0.5, 0.6) is 0 Å². The molecule has 10 heavy (non-hydrogen) atoms. The number of nitrogens with zero attached hydrogens (tertiary/aromatic N) is 1. The van der Waals surface area contributed by atoms with E-state index in [-0.39, 0.29) is 0 Å². The second-order valence-corrected chi connectivity index (χ2v) is 2.68. The van der Waals surface area contributed by atoms with Crippen molar-refractivity contribution in [3.8, 4) is 0 Å². The van der Waals surface area contributed by atoms with Crippen LogP contribution in [0.1, 0.15) is 13.8 Å². The van der Waals surface area contributed by atoms with Crippen molar-refractivity contribution in [2.45, 2.75) is 25.7 Å². The van der Waals surface area contributed by atoms with Gasteiger partial charge in [-0.25, -0.2) is 0 Å². The summed E-state index contributed by atoms with van der Waals surface area (Å²) in [4.78, 5) is 4.39. The molecule has 1 aliphatic rings. The molecule has 0 saturated heterocycles. The molecule has 1 aliphatic heterocycles. The summed E-state index contributed by atoms with van der Waals surface area (Å²) in [5.74, 6) is 0.434. The Balaban J connectivity index is 2.73. The molecular formula is C8H12BN. The number of allylic oxidation sites excluding steroid dienone is 1. The van der Waals surface area contributed by atoms with E-state index in [2.05, 4.69) is 24.5 Å². The molecule has 0 amide bonds. The number of aliphatic imine (C=N–C) groups is 1. The van der Waals surface area contributed by atoms with E-state index in [4.69, 9.17) is 0 Å². The Morgan fingerprint density at radius 3 is 2.90 bits per heavy atom. The summed E-state index contributed by atoms with van der Waals surface area (Å²) in [5, 5.41) is 0. The van der Waals surface area contributed by atoms with E-state index in [1.165, 1.54) is 0 Å². The molecule has 0 spiro atoms. The van der Waals surface area contributed by atoms with Crippen molar-refractivity contribution in [3.63, 3.8) is 0 Å². The molecule has 0 aromatic carbocycles. The average Bonchev–Trinajstić information content (AvgIpc) is 1.88. The molecule has 1 heterocycles. The third-order valence-corrected chi connectivity index (χ3v) is 1.80. The number of hydrogen-bond donors (Lipinski definition) is 0. The van der Waals surface area contributed by atoms with Crippen molar-refractivity contribution in [2.75, 3.05) is 0 Å². The fourth-order valence-electron chi connectivity index (χ4n) is 1.14. The summed E-state index contributed by atoms with van der Waals surface area (Å²) >= 11 is 0. The van der Waals surface area contributed by atoms with E-state index in [0.29, 0.717) is 11.9 Å². The van der Waals surface area contributed by atoms with Crippen LogP contribution in [0.3, 0.4) is 0 Å². The van der Waals surface area contributed by atoms with Crippen molar-refractivity contribution in [1.29, 1.82) is 0 Å². The Kier molecular flexibility index (Phi) is 2.20. The molecule has 0 fully saturated rings. The Morgan fingerprint density at radius 2 is 2.40 bits per heavy atom. The van der Waals surface area contributed by atoms with Crippen LogP contribution in [0.15, 0.2) is 17.1 Å². The van der Waals surface area contributed by atoms with Crippen LogP contribution in [0, 0.1) is 0 Å². The van der Waals surface area contributed by atoms with E-state index >= 15 is 0 Å². The monoisotopic (exact) mass is 133 g/mol. The number of rotatable bonds is 1. The van der Waals surface area contributed by atoms with Crippen LogP contribution in [-0.2, 0) is 0 Å². The predicted molar refractivity (Wildman–Crippen MR) is 48.3 cm³/mol. The molecule has 0 aromatic heterocycles. The molecule has 2 heteroatoms. The van der Waals surface area contributed by atoms with Crippen LogP contribution in [0.2, 0.25) is 5.82 Å². The third-order valence-electron chi connectivity index (χ3n) is 1.80. The molecule has 0 N–H and O–H groups in total. The molecule has 2 atom stereocenters. The molecule has 1 rings (SSSR count). The van der Waals surface area contributed by atoms with Gasteiger partial charge in [-0.2, -0.15) is 0 Å². The van der Waals surface area contributed by atoms with Crippen molar-refractivity contribution < 1.29 is 0 Å². The second kappa shape index (κ2) is 2.95. The SMILES string of the molecule is C=BC1C=CC(C)=N[C@H]1C. The van der Waals surface area contributed by atoms with Crippen LogP contribution < -0.4 is 0 Å². The van der Waals surface area contributed by atoms with E-state index in [1.807, 2.05) is 19.9 Å². The summed E-state index contributed by atoms with van der Waals surface area (Å²) in [5.41, 5.74) is 1.12. The van der Waals surface area contributed by atoms with Gasteiger partial charge in [0, 0.05) is 0 Å². The zero-order valence-corrected chi connectivity index (χ0v) is 6.54. The van der Waals surface area contributed by atoms with Gasteiger partial charge in [0.15, 0.2) is 0 Å². The first-order valence-corrected chi connectivity index (χ1v) is 3.59. The molecule has 0 aromatic rings. The standard InChI is InChI=1S/C8H12BN/c1-6-4-5-8(9-3)7(2)10-6/h4-5,7-8H,3H2,1-2H3/t7-,8?/m0/s1. The molecular weight excluding hydrogens is 121 g/mol. The maximum atomic E-state index is 4.39. The summed E-state index contributed by atoms with van der Waals surface area (Å²) in [6.45, 7) is 9.81. The topological polar surface area (TPSA) is 12.4 Å². The maximum absolute atomic E-state index is 4.39. The zero-order valence-electron chi connectivity index (χ0n) is 6.54. The van der Waals surface area contributed by atoms with Crippen LogP contribution >= 0.6 is 0 Å². The number of hydrogen-bond acceptors (Lipinski definition) is 1. The van der Waals surface area contributed by atoms with Crippen LogP contribution in [0.4, 0.5) is 0 Å². The first-order valence-electron chi connectivity index (χ1n) is 3.59. The van der Waals surface area contributed by atoms with Crippen molar-refractivity contribution in [1.82, 2.24) is 0 Å². The molecule has 0 bridgehead atoms. The van der Waals surface area contributed by atoms with Gasteiger partial charge in [0.2, 0.25) is 0 Å². The van der Waals surface area contributed by atoms with Crippen molar-refractivity contribution in [2.24, 2.45) is 4.99 Å². The van der Waals surface area contributed by atoms with Gasteiger partial charge >= 0.3 is 62.0 Å². The molecule has 1 unspecified atom stereocenters. The Morgan fingerprint density at radius 1 is 1.70 bits per heavy atom. The van der Waals surface area contributed by atoms with E-state index in [1.54, 1.807) is 0 Å². The average molecular weight is 133 g/mol.